The van der Waals surface area contributed by atoms with Crippen molar-refractivity contribution in [3.8, 4) is 0 Å². The van der Waals surface area contributed by atoms with Gasteiger partial charge in [-0.05, 0) is 18.9 Å². The first-order valence-corrected chi connectivity index (χ1v) is 6.87. The SMILES string of the molecule is O=C(CCNC(=O)c1cccc([N+](=O)[O-])c1Cl)NC1CC1. The smallest absolute Gasteiger partial charge is 0.288 e. The number of rotatable bonds is 6. The maximum Gasteiger partial charge on any atom is 0.288 e. The molecule has 7 nitrogen and oxygen atoms in total. The number of carbonyl (C=O) groups excluding carboxylic acids is 2. The molecule has 1 aliphatic rings. The van der Waals surface area contributed by atoms with Crippen molar-refractivity contribution < 1.29 is 14.5 Å². The monoisotopic (exact) mass is 311 g/mol. The molecule has 0 radical (unpaired) electrons. The van der Waals surface area contributed by atoms with Crippen LogP contribution in [0.1, 0.15) is 29.6 Å². The van der Waals surface area contributed by atoms with E-state index in [1.54, 1.807) is 0 Å². The summed E-state index contributed by atoms with van der Waals surface area (Å²) in [6, 6.07) is 4.29. The fraction of sp³-hybridized carbons (Fsp3) is 0.385. The number of benzene rings is 1. The second-order valence-electron chi connectivity index (χ2n) is 4.74. The van der Waals surface area contributed by atoms with Crippen molar-refractivity contribution in [2.75, 3.05) is 6.54 Å². The number of hydrogen-bond donors (Lipinski definition) is 2. The van der Waals surface area contributed by atoms with Gasteiger partial charge >= 0.3 is 0 Å². The molecule has 112 valence electrons. The molecular weight excluding hydrogens is 298 g/mol. The van der Waals surface area contributed by atoms with Gasteiger partial charge in [-0.2, -0.15) is 0 Å². The Hall–Kier alpha value is -2.15. The molecule has 21 heavy (non-hydrogen) atoms. The number of hydrogen-bond acceptors (Lipinski definition) is 4. The molecule has 1 fully saturated rings. The summed E-state index contributed by atoms with van der Waals surface area (Å²) in [4.78, 5) is 33.4. The molecule has 1 aromatic carbocycles. The van der Waals surface area contributed by atoms with Gasteiger partial charge < -0.3 is 10.6 Å². The zero-order valence-electron chi connectivity index (χ0n) is 11.1. The molecule has 0 saturated heterocycles. The van der Waals surface area contributed by atoms with Gasteiger partial charge in [0.25, 0.3) is 11.6 Å². The van der Waals surface area contributed by atoms with Crippen LogP contribution in [0.5, 0.6) is 0 Å². The van der Waals surface area contributed by atoms with E-state index in [0.29, 0.717) is 0 Å². The number of halogens is 1. The van der Waals surface area contributed by atoms with E-state index in [1.807, 2.05) is 0 Å². The number of carbonyl (C=O) groups is 2. The lowest BCUT2D eigenvalue weighted by Gasteiger charge is -2.07. The number of nitrogens with one attached hydrogen (secondary N) is 2. The minimum atomic E-state index is -0.651. The van der Waals surface area contributed by atoms with Crippen LogP contribution in [0.4, 0.5) is 5.69 Å². The Balaban J connectivity index is 1.89. The molecule has 2 N–H and O–H groups in total. The highest BCUT2D eigenvalue weighted by molar-refractivity contribution is 6.35. The Bertz CT molecular complexity index is 587. The summed E-state index contributed by atoms with van der Waals surface area (Å²) in [5.74, 6) is -0.661. The molecule has 1 aliphatic carbocycles. The van der Waals surface area contributed by atoms with Gasteiger partial charge in [-0.25, -0.2) is 0 Å². The summed E-state index contributed by atoms with van der Waals surface area (Å²) >= 11 is 5.84. The van der Waals surface area contributed by atoms with Crippen LogP contribution < -0.4 is 10.6 Å². The molecule has 1 saturated carbocycles. The third-order valence-electron chi connectivity index (χ3n) is 3.00. The van der Waals surface area contributed by atoms with Crippen LogP contribution in [0, 0.1) is 10.1 Å². The van der Waals surface area contributed by atoms with Gasteiger partial charge in [0.05, 0.1) is 10.5 Å². The van der Waals surface area contributed by atoms with Crippen LogP contribution in [-0.4, -0.2) is 29.3 Å². The maximum atomic E-state index is 11.9. The van der Waals surface area contributed by atoms with Crippen LogP contribution in [0.25, 0.3) is 0 Å². The van der Waals surface area contributed by atoms with Gasteiger partial charge in [0.2, 0.25) is 5.91 Å². The van der Waals surface area contributed by atoms with E-state index in [9.17, 15) is 19.7 Å². The zero-order chi connectivity index (χ0) is 15.4. The van der Waals surface area contributed by atoms with Crippen LogP contribution in [0.2, 0.25) is 5.02 Å². The summed E-state index contributed by atoms with van der Waals surface area (Å²) in [6.07, 6.45) is 2.16. The van der Waals surface area contributed by atoms with E-state index in [2.05, 4.69) is 10.6 Å². The Labute approximate surface area is 125 Å². The molecule has 0 atom stereocenters. The highest BCUT2D eigenvalue weighted by Gasteiger charge is 2.23. The standard InChI is InChI=1S/C13H14ClN3O4/c14-12-9(2-1-3-10(12)17(20)21)13(19)15-7-6-11(18)16-8-4-5-8/h1-3,8H,4-7H2,(H,15,19)(H,16,18). The van der Waals surface area contributed by atoms with Gasteiger partial charge in [0, 0.05) is 25.1 Å². The second kappa shape index (κ2) is 6.53. The average molecular weight is 312 g/mol. The van der Waals surface area contributed by atoms with Crippen molar-refractivity contribution in [1.82, 2.24) is 10.6 Å². The van der Waals surface area contributed by atoms with Crippen LogP contribution in [-0.2, 0) is 4.79 Å². The summed E-state index contributed by atoms with van der Waals surface area (Å²) in [5.41, 5.74) is -0.302. The van der Waals surface area contributed by atoms with E-state index in [4.69, 9.17) is 11.6 Å². The molecule has 1 aromatic rings. The van der Waals surface area contributed by atoms with E-state index in [0.717, 1.165) is 12.8 Å². The molecule has 0 spiro atoms. The lowest BCUT2D eigenvalue weighted by atomic mass is 10.2. The minimum absolute atomic E-state index is 0.0217. The normalized spacial score (nSPS) is 13.6. The Morgan fingerprint density at radius 3 is 2.71 bits per heavy atom. The summed E-state index contributed by atoms with van der Waals surface area (Å²) in [6.45, 7) is 0.149. The van der Waals surface area contributed by atoms with E-state index in [1.165, 1.54) is 18.2 Å². The lowest BCUT2D eigenvalue weighted by molar-refractivity contribution is -0.384. The van der Waals surface area contributed by atoms with Gasteiger partial charge in [-0.3, -0.25) is 19.7 Å². The average Bonchev–Trinajstić information content (AvgIpc) is 3.22. The van der Waals surface area contributed by atoms with Crippen LogP contribution in [0.3, 0.4) is 0 Å². The molecule has 0 aliphatic heterocycles. The van der Waals surface area contributed by atoms with Crippen LogP contribution >= 0.6 is 11.6 Å². The first-order chi connectivity index (χ1) is 9.99. The van der Waals surface area contributed by atoms with E-state index in [-0.39, 0.29) is 41.2 Å². The van der Waals surface area contributed by atoms with E-state index < -0.39 is 10.8 Å². The molecule has 2 amide bonds. The Morgan fingerprint density at radius 1 is 1.38 bits per heavy atom. The zero-order valence-corrected chi connectivity index (χ0v) is 11.9. The fourth-order valence-electron chi connectivity index (χ4n) is 1.75. The van der Waals surface area contributed by atoms with Crippen molar-refractivity contribution in [2.24, 2.45) is 0 Å². The predicted molar refractivity (Wildman–Crippen MR) is 76.2 cm³/mol. The van der Waals surface area contributed by atoms with Gasteiger partial charge in [0.1, 0.15) is 5.02 Å². The van der Waals surface area contributed by atoms with Gasteiger partial charge in [0.15, 0.2) is 0 Å². The fourth-order valence-corrected chi connectivity index (χ4v) is 2.03. The van der Waals surface area contributed by atoms with Crippen molar-refractivity contribution in [3.05, 3.63) is 38.9 Å². The second-order valence-corrected chi connectivity index (χ2v) is 5.12. The quantitative estimate of drug-likeness (QED) is 0.616. The Morgan fingerprint density at radius 2 is 2.10 bits per heavy atom. The van der Waals surface area contributed by atoms with Crippen molar-refractivity contribution in [1.29, 1.82) is 0 Å². The molecule has 0 bridgehead atoms. The van der Waals surface area contributed by atoms with Gasteiger partial charge in [-0.1, -0.05) is 17.7 Å². The minimum Gasteiger partial charge on any atom is -0.353 e. The molecule has 0 unspecified atom stereocenters. The molecule has 2 rings (SSSR count). The largest absolute Gasteiger partial charge is 0.353 e. The highest BCUT2D eigenvalue weighted by Crippen LogP contribution is 2.27. The van der Waals surface area contributed by atoms with Crippen LogP contribution in [0.15, 0.2) is 18.2 Å². The summed E-state index contributed by atoms with van der Waals surface area (Å²) in [5, 5.41) is 15.9. The molecule has 0 aromatic heterocycles. The third kappa shape index (κ3) is 4.16. The van der Waals surface area contributed by atoms with Crippen molar-refractivity contribution >= 4 is 29.1 Å². The number of nitro groups is 1. The summed E-state index contributed by atoms with van der Waals surface area (Å²) < 4.78 is 0. The van der Waals surface area contributed by atoms with Crippen molar-refractivity contribution in [3.63, 3.8) is 0 Å². The van der Waals surface area contributed by atoms with Gasteiger partial charge in [-0.15, -0.1) is 0 Å². The number of amides is 2. The first-order valence-electron chi connectivity index (χ1n) is 6.49. The molecular formula is C13H14ClN3O4. The highest BCUT2D eigenvalue weighted by atomic mass is 35.5. The first kappa shape index (κ1) is 15.2. The number of nitrogens with zero attached hydrogens (tertiary/aromatic N) is 1. The Kier molecular flexibility index (Phi) is 4.74. The topological polar surface area (TPSA) is 101 Å². The molecule has 0 heterocycles. The third-order valence-corrected chi connectivity index (χ3v) is 3.40. The molecule has 8 heteroatoms. The predicted octanol–water partition coefficient (Wildman–Crippen LogP) is 1.65. The number of nitro benzene ring substituents is 1. The van der Waals surface area contributed by atoms with E-state index >= 15 is 0 Å². The van der Waals surface area contributed by atoms with Crippen molar-refractivity contribution in [2.45, 2.75) is 25.3 Å². The lowest BCUT2D eigenvalue weighted by Crippen LogP contribution is -2.31. The maximum absolute atomic E-state index is 11.9. The summed E-state index contributed by atoms with van der Waals surface area (Å²) in [7, 11) is 0.